The van der Waals surface area contributed by atoms with Crippen molar-refractivity contribution in [2.45, 2.75) is 45.1 Å². The molecule has 0 aliphatic rings. The molecule has 0 aliphatic carbocycles. The highest BCUT2D eigenvalue weighted by Gasteiger charge is 2.14. The number of aliphatic hydroxyl groups excluding tert-OH is 1. The molecular weight excluding hydrogens is 368 g/mol. The van der Waals surface area contributed by atoms with Gasteiger partial charge in [0.2, 0.25) is 5.91 Å². The van der Waals surface area contributed by atoms with Crippen LogP contribution in [0.25, 0.3) is 0 Å². The molecule has 28 heavy (non-hydrogen) atoms. The second-order valence-corrected chi connectivity index (χ2v) is 6.26. The van der Waals surface area contributed by atoms with Crippen LogP contribution in [0.4, 0.5) is 0 Å². The minimum absolute atomic E-state index is 0.0415. The van der Waals surface area contributed by atoms with Crippen LogP contribution in [0, 0.1) is 0 Å². The van der Waals surface area contributed by atoms with E-state index in [1.54, 1.807) is 7.05 Å². The van der Waals surface area contributed by atoms with Gasteiger partial charge in [-0.05, 0) is 26.8 Å². The number of nitrogens with one attached hydrogen (secondary N) is 2. The number of amides is 1. The Hall–Kier alpha value is -1.39. The van der Waals surface area contributed by atoms with Crippen molar-refractivity contribution >= 4 is 17.5 Å². The summed E-state index contributed by atoms with van der Waals surface area (Å²) in [4.78, 5) is 34.4. The minimum Gasteiger partial charge on any atom is -0.389 e. The number of hydrogen-bond donors (Lipinski definition) is 3. The fourth-order valence-electron chi connectivity index (χ4n) is 2.41. The second-order valence-electron chi connectivity index (χ2n) is 6.26. The largest absolute Gasteiger partial charge is 0.389 e. The third kappa shape index (κ3) is 15.6. The van der Waals surface area contributed by atoms with E-state index in [9.17, 15) is 14.4 Å². The first-order valence-electron chi connectivity index (χ1n) is 9.87. The van der Waals surface area contributed by atoms with Crippen LogP contribution < -0.4 is 10.6 Å². The van der Waals surface area contributed by atoms with Crippen molar-refractivity contribution in [1.29, 1.82) is 0 Å². The van der Waals surface area contributed by atoms with Gasteiger partial charge in [0.15, 0.2) is 11.6 Å². The molecule has 0 radical (unpaired) electrons. The number of rotatable bonds is 20. The van der Waals surface area contributed by atoms with Gasteiger partial charge in [-0.15, -0.1) is 0 Å². The standard InChI is InChI=1S/C19H36N2O7/c1-3-26-15-19(25)21-9-10-27-11-12-28-14-16(23)7-5-4-6-8-17(20-2)18(24)13-22/h17,20,22H,3-15H2,1-2H3,(H,21,25)/t17-/m0/s1. The Morgan fingerprint density at radius 2 is 1.71 bits per heavy atom. The van der Waals surface area contributed by atoms with E-state index in [0.29, 0.717) is 45.8 Å². The Bertz CT molecular complexity index is 433. The van der Waals surface area contributed by atoms with E-state index in [0.717, 1.165) is 19.3 Å². The molecule has 0 saturated heterocycles. The summed E-state index contributed by atoms with van der Waals surface area (Å²) >= 11 is 0. The van der Waals surface area contributed by atoms with Crippen LogP contribution in [0.1, 0.15) is 39.0 Å². The minimum atomic E-state index is -0.451. The van der Waals surface area contributed by atoms with Gasteiger partial charge in [-0.25, -0.2) is 0 Å². The van der Waals surface area contributed by atoms with Gasteiger partial charge in [-0.1, -0.05) is 12.8 Å². The number of ether oxygens (including phenoxy) is 3. The van der Waals surface area contributed by atoms with Crippen LogP contribution in [0.3, 0.4) is 0 Å². The SMILES string of the molecule is CCOCC(=O)NCCOCCOCC(=O)CCCCC[C@H](NC)C(=O)CO. The zero-order valence-electron chi connectivity index (χ0n) is 17.2. The fourth-order valence-corrected chi connectivity index (χ4v) is 2.41. The molecule has 0 saturated carbocycles. The van der Waals surface area contributed by atoms with Crippen LogP contribution in [0.2, 0.25) is 0 Å². The molecule has 0 aromatic heterocycles. The quantitative estimate of drug-likeness (QED) is 0.239. The summed E-state index contributed by atoms with van der Waals surface area (Å²) in [6.45, 7) is 3.46. The molecule has 9 heteroatoms. The maximum absolute atomic E-state index is 11.7. The van der Waals surface area contributed by atoms with E-state index < -0.39 is 6.61 Å². The summed E-state index contributed by atoms with van der Waals surface area (Å²) in [6.07, 6.45) is 3.53. The van der Waals surface area contributed by atoms with E-state index >= 15 is 0 Å². The molecule has 9 nitrogen and oxygen atoms in total. The number of aliphatic hydroxyl groups is 1. The Morgan fingerprint density at radius 1 is 0.964 bits per heavy atom. The normalized spacial score (nSPS) is 12.0. The maximum atomic E-state index is 11.7. The van der Waals surface area contributed by atoms with Gasteiger partial charge in [-0.3, -0.25) is 14.4 Å². The summed E-state index contributed by atoms with van der Waals surface area (Å²) < 4.78 is 15.5. The predicted molar refractivity (Wildman–Crippen MR) is 104 cm³/mol. The molecule has 0 bridgehead atoms. The Labute approximate surface area is 167 Å². The molecule has 3 N–H and O–H groups in total. The van der Waals surface area contributed by atoms with E-state index in [-0.39, 0.29) is 36.7 Å². The molecule has 164 valence electrons. The van der Waals surface area contributed by atoms with Crippen LogP contribution in [0.5, 0.6) is 0 Å². The number of carbonyl (C=O) groups excluding carboxylic acids is 3. The smallest absolute Gasteiger partial charge is 0.246 e. The van der Waals surface area contributed by atoms with Crippen LogP contribution in [-0.2, 0) is 28.6 Å². The summed E-state index contributed by atoms with van der Waals surface area (Å²) in [5.41, 5.74) is 0. The predicted octanol–water partition coefficient (Wildman–Crippen LogP) is -0.159. The van der Waals surface area contributed by atoms with Gasteiger partial charge >= 0.3 is 0 Å². The van der Waals surface area contributed by atoms with Crippen molar-refractivity contribution in [3.8, 4) is 0 Å². The monoisotopic (exact) mass is 404 g/mol. The van der Waals surface area contributed by atoms with Crippen LogP contribution in [0.15, 0.2) is 0 Å². The molecular formula is C19H36N2O7. The van der Waals surface area contributed by atoms with E-state index in [1.165, 1.54) is 0 Å². The number of ketones is 2. The number of carbonyl (C=O) groups is 3. The molecule has 1 amide bonds. The summed E-state index contributed by atoms with van der Waals surface area (Å²) in [5.74, 6) is -0.337. The van der Waals surface area contributed by atoms with Gasteiger partial charge in [-0.2, -0.15) is 0 Å². The highest BCUT2D eigenvalue weighted by atomic mass is 16.5. The van der Waals surface area contributed by atoms with Crippen LogP contribution in [-0.4, -0.2) is 88.5 Å². The second kappa shape index (κ2) is 18.9. The highest BCUT2D eigenvalue weighted by Crippen LogP contribution is 2.07. The molecule has 0 rings (SSSR count). The molecule has 0 aromatic rings. The molecule has 1 atom stereocenters. The van der Waals surface area contributed by atoms with Gasteiger partial charge in [0.05, 0.1) is 25.9 Å². The van der Waals surface area contributed by atoms with Crippen molar-refractivity contribution in [2.24, 2.45) is 0 Å². The zero-order valence-corrected chi connectivity index (χ0v) is 17.2. The summed E-state index contributed by atoms with van der Waals surface area (Å²) in [6, 6.07) is -0.318. The average Bonchev–Trinajstić information content (AvgIpc) is 2.70. The van der Waals surface area contributed by atoms with Crippen molar-refractivity contribution in [3.05, 3.63) is 0 Å². The summed E-state index contributed by atoms with van der Waals surface area (Å²) in [5, 5.41) is 14.4. The maximum Gasteiger partial charge on any atom is 0.246 e. The lowest BCUT2D eigenvalue weighted by Crippen LogP contribution is -2.35. The molecule has 0 heterocycles. The first kappa shape index (κ1) is 26.6. The third-order valence-electron chi connectivity index (χ3n) is 3.98. The Balaban J connectivity index is 3.44. The molecule has 0 aliphatic heterocycles. The van der Waals surface area contributed by atoms with Crippen molar-refractivity contribution in [3.63, 3.8) is 0 Å². The van der Waals surface area contributed by atoms with Gasteiger partial charge in [0, 0.05) is 19.6 Å². The lowest BCUT2D eigenvalue weighted by molar-refractivity contribution is -0.126. The van der Waals surface area contributed by atoms with E-state index in [1.807, 2.05) is 6.92 Å². The lowest BCUT2D eigenvalue weighted by atomic mass is 10.0. The molecule has 0 fully saturated rings. The topological polar surface area (TPSA) is 123 Å². The Morgan fingerprint density at radius 3 is 2.39 bits per heavy atom. The average molecular weight is 405 g/mol. The van der Waals surface area contributed by atoms with Crippen LogP contribution >= 0.6 is 0 Å². The van der Waals surface area contributed by atoms with E-state index in [4.69, 9.17) is 19.3 Å². The van der Waals surface area contributed by atoms with Gasteiger partial charge in [0.1, 0.15) is 19.8 Å². The zero-order chi connectivity index (χ0) is 21.0. The molecule has 0 aromatic carbocycles. The highest BCUT2D eigenvalue weighted by molar-refractivity contribution is 5.84. The number of unbranched alkanes of at least 4 members (excludes halogenated alkanes) is 2. The third-order valence-corrected chi connectivity index (χ3v) is 3.98. The van der Waals surface area contributed by atoms with Crippen molar-refractivity contribution < 1.29 is 33.7 Å². The molecule has 0 spiro atoms. The van der Waals surface area contributed by atoms with Crippen molar-refractivity contribution in [2.75, 3.05) is 59.8 Å². The van der Waals surface area contributed by atoms with Gasteiger partial charge in [0.25, 0.3) is 0 Å². The number of hydrogen-bond acceptors (Lipinski definition) is 8. The fraction of sp³-hybridized carbons (Fsp3) is 0.842. The molecule has 0 unspecified atom stereocenters. The summed E-state index contributed by atoms with van der Waals surface area (Å²) in [7, 11) is 1.70. The number of likely N-dealkylation sites (N-methyl/N-ethyl adjacent to an activating group) is 1. The Kier molecular flexibility index (Phi) is 18.0. The van der Waals surface area contributed by atoms with Gasteiger partial charge < -0.3 is 30.0 Å². The number of Topliss-reactive ketones (excluding diaryl/α,β-unsaturated/α-hetero) is 2. The van der Waals surface area contributed by atoms with E-state index in [2.05, 4.69) is 10.6 Å². The van der Waals surface area contributed by atoms with Crippen molar-refractivity contribution in [1.82, 2.24) is 10.6 Å². The first-order chi connectivity index (χ1) is 13.5. The first-order valence-corrected chi connectivity index (χ1v) is 9.87. The lowest BCUT2D eigenvalue weighted by Gasteiger charge is -2.13.